The molecular weight excluding hydrogens is 298 g/mol. The maximum atomic E-state index is 4.91. The van der Waals surface area contributed by atoms with Gasteiger partial charge in [-0.15, -0.1) is 6.58 Å². The monoisotopic (exact) mass is 335 g/mol. The van der Waals surface area contributed by atoms with Crippen LogP contribution in [0.25, 0.3) is 0 Å². The molecule has 0 aromatic carbocycles. The Morgan fingerprint density at radius 1 is 1.17 bits per heavy atom. The average molecular weight is 336 g/mol. The first kappa shape index (κ1) is 19.3. The number of piperidine rings is 2. The van der Waals surface area contributed by atoms with Crippen molar-refractivity contribution in [2.45, 2.75) is 58.0 Å². The summed E-state index contributed by atoms with van der Waals surface area (Å²) in [5.74, 6) is 1.00. The number of hydrogen-bond donors (Lipinski definition) is 2. The summed E-state index contributed by atoms with van der Waals surface area (Å²) in [6.07, 6.45) is 8.35. The first-order valence-electron chi connectivity index (χ1n) is 9.89. The topological polar surface area (TPSA) is 42.9 Å². The molecular formula is C19H37N5. The van der Waals surface area contributed by atoms with Crippen LogP contribution in [0.2, 0.25) is 0 Å². The third-order valence-corrected chi connectivity index (χ3v) is 5.28. The van der Waals surface area contributed by atoms with Crippen LogP contribution in [0.5, 0.6) is 0 Å². The average Bonchev–Trinajstić information content (AvgIpc) is 2.62. The van der Waals surface area contributed by atoms with Crippen molar-refractivity contribution >= 4 is 5.96 Å². The molecule has 2 heterocycles. The molecule has 0 amide bonds. The Labute approximate surface area is 148 Å². The fourth-order valence-corrected chi connectivity index (χ4v) is 3.84. The Morgan fingerprint density at radius 2 is 1.96 bits per heavy atom. The number of nitrogens with one attached hydrogen (secondary N) is 2. The number of rotatable bonds is 7. The minimum absolute atomic E-state index is 0.539. The van der Waals surface area contributed by atoms with Crippen molar-refractivity contribution in [1.29, 1.82) is 0 Å². The highest BCUT2D eigenvalue weighted by atomic mass is 15.2. The maximum absolute atomic E-state index is 4.91. The van der Waals surface area contributed by atoms with Gasteiger partial charge in [0.25, 0.3) is 0 Å². The van der Waals surface area contributed by atoms with E-state index in [1.54, 1.807) is 0 Å². The molecule has 0 radical (unpaired) electrons. The molecule has 138 valence electrons. The summed E-state index contributed by atoms with van der Waals surface area (Å²) in [7, 11) is 0. The Kier molecular flexibility index (Phi) is 8.60. The molecule has 2 aliphatic heterocycles. The zero-order valence-electron chi connectivity index (χ0n) is 15.8. The van der Waals surface area contributed by atoms with Crippen molar-refractivity contribution in [2.24, 2.45) is 4.99 Å². The van der Waals surface area contributed by atoms with E-state index in [1.165, 1.54) is 38.6 Å². The molecule has 1 atom stereocenters. The molecule has 5 heteroatoms. The molecule has 0 spiro atoms. The van der Waals surface area contributed by atoms with Gasteiger partial charge in [0.05, 0.1) is 6.54 Å². The number of aliphatic imine (C=N–C) groups is 1. The second kappa shape index (κ2) is 10.7. The van der Waals surface area contributed by atoms with Gasteiger partial charge < -0.3 is 10.6 Å². The zero-order valence-corrected chi connectivity index (χ0v) is 15.8. The van der Waals surface area contributed by atoms with Crippen molar-refractivity contribution in [3.8, 4) is 0 Å². The largest absolute Gasteiger partial charge is 0.357 e. The number of likely N-dealkylation sites (N-methyl/N-ethyl adjacent to an activating group) is 1. The van der Waals surface area contributed by atoms with Gasteiger partial charge in [-0.1, -0.05) is 19.4 Å². The van der Waals surface area contributed by atoms with Crippen LogP contribution in [0, 0.1) is 0 Å². The molecule has 0 bridgehead atoms. The minimum atomic E-state index is 0.539. The fourth-order valence-electron chi connectivity index (χ4n) is 3.84. The minimum Gasteiger partial charge on any atom is -0.357 e. The van der Waals surface area contributed by atoms with Gasteiger partial charge in [-0.05, 0) is 45.7 Å². The predicted molar refractivity (Wildman–Crippen MR) is 104 cm³/mol. The summed E-state index contributed by atoms with van der Waals surface area (Å²) in [4.78, 5) is 9.96. The van der Waals surface area contributed by atoms with E-state index in [4.69, 9.17) is 4.99 Å². The first-order valence-corrected chi connectivity index (χ1v) is 9.89. The van der Waals surface area contributed by atoms with Crippen molar-refractivity contribution in [2.75, 3.05) is 45.8 Å². The van der Waals surface area contributed by atoms with Crippen LogP contribution in [-0.4, -0.2) is 73.7 Å². The van der Waals surface area contributed by atoms with Crippen molar-refractivity contribution < 1.29 is 0 Å². The first-order chi connectivity index (χ1) is 11.8. The van der Waals surface area contributed by atoms with E-state index in [0.29, 0.717) is 12.1 Å². The molecule has 24 heavy (non-hydrogen) atoms. The highest BCUT2D eigenvalue weighted by Gasteiger charge is 2.22. The molecule has 0 aromatic rings. The number of hydrogen-bond acceptors (Lipinski definition) is 3. The Bertz CT molecular complexity index is 387. The molecule has 2 rings (SSSR count). The van der Waals surface area contributed by atoms with Gasteiger partial charge in [-0.25, -0.2) is 0 Å². The summed E-state index contributed by atoms with van der Waals surface area (Å²) in [5, 5.41) is 7.09. The number of nitrogens with zero attached hydrogens (tertiary/aromatic N) is 3. The molecule has 0 saturated carbocycles. The van der Waals surface area contributed by atoms with Gasteiger partial charge in [-0.2, -0.15) is 0 Å². The van der Waals surface area contributed by atoms with Gasteiger partial charge in [-0.3, -0.25) is 14.8 Å². The lowest BCUT2D eigenvalue weighted by atomic mass is 10.0. The molecule has 2 fully saturated rings. The summed E-state index contributed by atoms with van der Waals surface area (Å²) in [6.45, 7) is 15.8. The molecule has 1 unspecified atom stereocenters. The van der Waals surface area contributed by atoms with Gasteiger partial charge in [0.1, 0.15) is 0 Å². The lowest BCUT2D eigenvalue weighted by Crippen LogP contribution is -2.49. The van der Waals surface area contributed by atoms with Crippen LogP contribution in [0.1, 0.15) is 46.0 Å². The van der Waals surface area contributed by atoms with Crippen LogP contribution in [-0.2, 0) is 0 Å². The molecule has 2 N–H and O–H groups in total. The lowest BCUT2D eigenvalue weighted by Gasteiger charge is -2.34. The maximum Gasteiger partial charge on any atom is 0.191 e. The fraction of sp³-hybridized carbons (Fsp3) is 0.842. The summed E-state index contributed by atoms with van der Waals surface area (Å²) >= 11 is 0. The van der Waals surface area contributed by atoms with Crippen molar-refractivity contribution in [1.82, 2.24) is 20.4 Å². The second-order valence-corrected chi connectivity index (χ2v) is 7.01. The third-order valence-electron chi connectivity index (χ3n) is 5.28. The van der Waals surface area contributed by atoms with E-state index in [-0.39, 0.29) is 0 Å². The summed E-state index contributed by atoms with van der Waals surface area (Å²) in [5.41, 5.74) is 0. The molecule has 0 aromatic heterocycles. The molecule has 5 nitrogen and oxygen atoms in total. The van der Waals surface area contributed by atoms with Gasteiger partial charge in [0, 0.05) is 38.3 Å². The lowest BCUT2D eigenvalue weighted by molar-refractivity contribution is 0.161. The number of likely N-dealkylation sites (tertiary alicyclic amines) is 2. The molecule has 0 aliphatic carbocycles. The highest BCUT2D eigenvalue weighted by Crippen LogP contribution is 2.16. The van der Waals surface area contributed by atoms with Crippen LogP contribution in [0.4, 0.5) is 0 Å². The van der Waals surface area contributed by atoms with E-state index in [2.05, 4.69) is 40.9 Å². The normalized spacial score (nSPS) is 24.8. The highest BCUT2D eigenvalue weighted by molar-refractivity contribution is 5.80. The Balaban J connectivity index is 1.83. The van der Waals surface area contributed by atoms with Gasteiger partial charge in [0.15, 0.2) is 5.96 Å². The van der Waals surface area contributed by atoms with E-state index in [0.717, 1.165) is 45.2 Å². The van der Waals surface area contributed by atoms with E-state index in [1.807, 2.05) is 6.08 Å². The van der Waals surface area contributed by atoms with Crippen molar-refractivity contribution in [3.05, 3.63) is 12.7 Å². The summed E-state index contributed by atoms with van der Waals surface area (Å²) < 4.78 is 0. The van der Waals surface area contributed by atoms with Gasteiger partial charge >= 0.3 is 0 Å². The van der Waals surface area contributed by atoms with E-state index < -0.39 is 0 Å². The Morgan fingerprint density at radius 3 is 2.62 bits per heavy atom. The zero-order chi connectivity index (χ0) is 17.2. The third kappa shape index (κ3) is 6.10. The standard InChI is InChI=1S/C19H37N5/c1-4-12-23-14-10-17(11-15-23)22-19(20-5-2)21-16-18-9-7-8-13-24(18)6-3/h4,17-18H,1,5-16H2,2-3H3,(H2,20,21,22). The second-order valence-electron chi connectivity index (χ2n) is 7.01. The number of guanidine groups is 1. The van der Waals surface area contributed by atoms with E-state index in [9.17, 15) is 0 Å². The van der Waals surface area contributed by atoms with Crippen molar-refractivity contribution in [3.63, 3.8) is 0 Å². The smallest absolute Gasteiger partial charge is 0.191 e. The van der Waals surface area contributed by atoms with Gasteiger partial charge in [0.2, 0.25) is 0 Å². The van der Waals surface area contributed by atoms with Crippen LogP contribution >= 0.6 is 0 Å². The molecule has 2 saturated heterocycles. The molecule has 2 aliphatic rings. The SMILES string of the molecule is C=CCN1CCC(NC(=NCC2CCCCN2CC)NCC)CC1. The summed E-state index contributed by atoms with van der Waals surface area (Å²) in [6, 6.07) is 1.16. The van der Waals surface area contributed by atoms with Crippen LogP contribution in [0.3, 0.4) is 0 Å². The quantitative estimate of drug-likeness (QED) is 0.425. The van der Waals surface area contributed by atoms with Crippen LogP contribution < -0.4 is 10.6 Å². The van der Waals surface area contributed by atoms with E-state index >= 15 is 0 Å². The Hall–Kier alpha value is -1.07. The predicted octanol–water partition coefficient (Wildman–Crippen LogP) is 2.07. The van der Waals surface area contributed by atoms with Crippen LogP contribution in [0.15, 0.2) is 17.6 Å².